The number of nitrogens with zero attached hydrogens (tertiary/aromatic N) is 7. The monoisotopic (exact) mass is 581 g/mol. The van der Waals surface area contributed by atoms with Gasteiger partial charge < -0.3 is 9.80 Å². The molecule has 0 saturated heterocycles. The first-order valence-electron chi connectivity index (χ1n) is 11.6. The summed E-state index contributed by atoms with van der Waals surface area (Å²) in [6.45, 7) is 1.02. The molecule has 0 unspecified atom stereocenters. The van der Waals surface area contributed by atoms with Crippen LogP contribution in [0.15, 0.2) is 30.3 Å². The van der Waals surface area contributed by atoms with E-state index in [4.69, 9.17) is 0 Å². The Balaban J connectivity index is 1.92. The second-order valence-corrected chi connectivity index (χ2v) is 9.05. The molecule has 40 heavy (non-hydrogen) atoms. The Morgan fingerprint density at radius 2 is 1.60 bits per heavy atom. The largest absolute Gasteiger partial charge is 0.433 e. The van der Waals surface area contributed by atoms with Gasteiger partial charge in [0.05, 0.1) is 35.6 Å². The van der Waals surface area contributed by atoms with E-state index in [2.05, 4.69) is 20.4 Å². The zero-order valence-electron chi connectivity index (χ0n) is 20.7. The maximum atomic E-state index is 13.6. The van der Waals surface area contributed by atoms with Crippen LogP contribution < -0.4 is 9.80 Å². The van der Waals surface area contributed by atoms with Crippen LogP contribution in [0, 0.1) is 0 Å². The summed E-state index contributed by atoms with van der Waals surface area (Å²) in [5.74, 6) is -0.280. The number of aryl methyl sites for hydroxylation is 1. The van der Waals surface area contributed by atoms with Crippen molar-refractivity contribution in [3.8, 4) is 0 Å². The van der Waals surface area contributed by atoms with Crippen LogP contribution in [-0.2, 0) is 36.9 Å². The zero-order chi connectivity index (χ0) is 29.6. The maximum Gasteiger partial charge on any atom is 0.433 e. The number of aromatic nitrogens is 5. The van der Waals surface area contributed by atoms with Crippen LogP contribution in [0.1, 0.15) is 53.9 Å². The minimum absolute atomic E-state index is 0.0000121. The molecule has 0 aliphatic carbocycles. The van der Waals surface area contributed by atoms with Crippen molar-refractivity contribution >= 4 is 18.0 Å². The molecule has 2 aromatic heterocycles. The van der Waals surface area contributed by atoms with Crippen molar-refractivity contribution in [2.45, 2.75) is 56.9 Å². The highest BCUT2D eigenvalue weighted by Crippen LogP contribution is 2.44. The van der Waals surface area contributed by atoms with Crippen molar-refractivity contribution in [1.29, 1.82) is 0 Å². The third-order valence-corrected chi connectivity index (χ3v) is 6.39. The van der Waals surface area contributed by atoms with Gasteiger partial charge in [-0.05, 0) is 54.0 Å². The molecule has 3 heterocycles. The number of anilines is 2. The van der Waals surface area contributed by atoms with Gasteiger partial charge in [0.15, 0.2) is 0 Å². The first-order chi connectivity index (χ1) is 18.5. The smallest absolute Gasteiger partial charge is 0.325 e. The lowest BCUT2D eigenvalue weighted by Crippen LogP contribution is -2.45. The van der Waals surface area contributed by atoms with Crippen LogP contribution in [0.2, 0.25) is 0 Å². The number of fused-ring (bicyclic) bond motifs is 1. The van der Waals surface area contributed by atoms with Crippen LogP contribution in [0.5, 0.6) is 0 Å². The highest BCUT2D eigenvalue weighted by molar-refractivity contribution is 5.79. The first-order valence-corrected chi connectivity index (χ1v) is 11.6. The Bertz CT molecular complexity index is 1350. The molecule has 0 fully saturated rings. The van der Waals surface area contributed by atoms with E-state index in [9.17, 15) is 44.3 Å². The minimum atomic E-state index is -5.12. The molecule has 4 rings (SSSR count). The molecule has 1 aliphatic heterocycles. The summed E-state index contributed by atoms with van der Waals surface area (Å²) in [5, 5.41) is 11.5. The predicted molar refractivity (Wildman–Crippen MR) is 121 cm³/mol. The van der Waals surface area contributed by atoms with E-state index in [1.165, 1.54) is 11.9 Å². The number of carbonyl (C=O) groups excluding carboxylic acids is 1. The summed E-state index contributed by atoms with van der Waals surface area (Å²) in [7, 11) is 1.35. The van der Waals surface area contributed by atoms with E-state index < -0.39 is 59.5 Å². The van der Waals surface area contributed by atoms with E-state index in [0.29, 0.717) is 31.0 Å². The Morgan fingerprint density at radius 3 is 2.08 bits per heavy atom. The summed E-state index contributed by atoms with van der Waals surface area (Å²) in [6, 6.07) is 0.928. The van der Waals surface area contributed by atoms with Crippen LogP contribution in [0.3, 0.4) is 0 Å². The second kappa shape index (κ2) is 10.2. The number of hydrogen-bond donors (Lipinski definition) is 0. The molecule has 2 atom stereocenters. The molecule has 1 aliphatic rings. The molecule has 1 amide bonds. The molecule has 0 radical (unpaired) electrons. The number of alkyl halides is 9. The van der Waals surface area contributed by atoms with Gasteiger partial charge in [0, 0.05) is 12.6 Å². The minimum Gasteiger partial charge on any atom is -0.325 e. The molecule has 0 N–H and O–H groups in total. The predicted octanol–water partition coefficient (Wildman–Crippen LogP) is 5.55. The summed E-state index contributed by atoms with van der Waals surface area (Å²) in [4.78, 5) is 18.9. The number of carbonyl (C=O) groups is 1. The van der Waals surface area contributed by atoms with Crippen molar-refractivity contribution in [3.63, 3.8) is 0 Å². The Hall–Kier alpha value is -3.92. The fourth-order valence-corrected chi connectivity index (χ4v) is 4.57. The third-order valence-electron chi connectivity index (χ3n) is 6.39. The van der Waals surface area contributed by atoms with Crippen molar-refractivity contribution in [2.24, 2.45) is 7.05 Å². The van der Waals surface area contributed by atoms with Gasteiger partial charge in [-0.15, -0.1) is 5.10 Å². The van der Waals surface area contributed by atoms with E-state index in [1.54, 1.807) is 6.92 Å². The van der Waals surface area contributed by atoms with Crippen LogP contribution in [0.4, 0.5) is 51.1 Å². The molecule has 0 spiro atoms. The Morgan fingerprint density at radius 1 is 0.975 bits per heavy atom. The number of halogens is 9. The van der Waals surface area contributed by atoms with Gasteiger partial charge in [0.2, 0.25) is 6.41 Å². The highest BCUT2D eigenvalue weighted by atomic mass is 19.4. The van der Waals surface area contributed by atoms with Crippen LogP contribution in [0.25, 0.3) is 0 Å². The maximum absolute atomic E-state index is 13.6. The quantitative estimate of drug-likeness (QED) is 0.281. The topological polar surface area (TPSA) is 80.0 Å². The summed E-state index contributed by atoms with van der Waals surface area (Å²) < 4.78 is 122. The number of amides is 1. The van der Waals surface area contributed by atoms with Crippen molar-refractivity contribution in [1.82, 2.24) is 25.2 Å². The standard InChI is InChI=1S/C23H20F9N7O/c1-3-15-9-17(19-16(39(15)11-40)4-5-18(33-19)23(30,31)32)38(20-34-36-37(2)35-20)10-12-6-13(21(24,25)26)8-14(7-12)22(27,28)29/h4-8,11,15,17H,3,9-10H2,1-2H3/t15-,17+/m1/s1. The van der Waals surface area contributed by atoms with Crippen molar-refractivity contribution in [3.05, 3.63) is 58.4 Å². The number of hydrogen-bond acceptors (Lipinski definition) is 6. The average Bonchev–Trinajstić information content (AvgIpc) is 3.30. The molecular formula is C23H20F9N7O. The van der Waals surface area contributed by atoms with Gasteiger partial charge in [-0.25, -0.2) is 4.98 Å². The number of benzene rings is 1. The van der Waals surface area contributed by atoms with Gasteiger partial charge in [0.1, 0.15) is 5.69 Å². The van der Waals surface area contributed by atoms with Crippen LogP contribution >= 0.6 is 0 Å². The van der Waals surface area contributed by atoms with E-state index in [1.807, 2.05) is 0 Å². The molecule has 216 valence electrons. The first kappa shape index (κ1) is 29.1. The van der Waals surface area contributed by atoms with Gasteiger partial charge in [-0.3, -0.25) is 4.79 Å². The normalized spacial score (nSPS) is 18.0. The summed E-state index contributed by atoms with van der Waals surface area (Å²) >= 11 is 0. The Kier molecular flexibility index (Phi) is 7.44. The lowest BCUT2D eigenvalue weighted by atomic mass is 9.92. The second-order valence-electron chi connectivity index (χ2n) is 9.05. The molecule has 3 aromatic rings. The number of tetrazole rings is 1. The molecule has 17 heteroatoms. The SMILES string of the molecule is CC[C@@H]1C[C@H](N(Cc2cc(C(F)(F)F)cc(C(F)(F)F)c2)c2nnn(C)n2)c2nc(C(F)(F)F)ccc2N1C=O. The number of rotatable bonds is 6. The number of pyridine rings is 1. The molecule has 0 saturated carbocycles. The van der Waals surface area contributed by atoms with Gasteiger partial charge in [-0.2, -0.15) is 44.3 Å². The van der Waals surface area contributed by atoms with E-state index in [0.717, 1.165) is 15.8 Å². The lowest BCUT2D eigenvalue weighted by Gasteiger charge is -2.42. The van der Waals surface area contributed by atoms with Gasteiger partial charge in [-0.1, -0.05) is 12.0 Å². The van der Waals surface area contributed by atoms with Gasteiger partial charge >= 0.3 is 18.5 Å². The van der Waals surface area contributed by atoms with E-state index in [-0.39, 0.29) is 29.8 Å². The zero-order valence-corrected chi connectivity index (χ0v) is 20.7. The molecular weight excluding hydrogens is 561 g/mol. The van der Waals surface area contributed by atoms with Crippen molar-refractivity contribution in [2.75, 3.05) is 9.80 Å². The summed E-state index contributed by atoms with van der Waals surface area (Å²) in [6.07, 6.45) is -14.5. The Labute approximate surface area is 220 Å². The average molecular weight is 581 g/mol. The van der Waals surface area contributed by atoms with Gasteiger partial charge in [0.25, 0.3) is 5.95 Å². The molecule has 1 aromatic carbocycles. The van der Waals surface area contributed by atoms with Crippen LogP contribution in [-0.4, -0.2) is 37.6 Å². The highest BCUT2D eigenvalue weighted by Gasteiger charge is 2.42. The van der Waals surface area contributed by atoms with Crippen molar-refractivity contribution < 1.29 is 44.3 Å². The fourth-order valence-electron chi connectivity index (χ4n) is 4.57. The van der Waals surface area contributed by atoms with E-state index >= 15 is 0 Å². The fraction of sp³-hybridized carbons (Fsp3) is 0.435. The third kappa shape index (κ3) is 5.82. The summed E-state index contributed by atoms with van der Waals surface area (Å²) in [5.41, 5.74) is -5.17. The molecule has 8 nitrogen and oxygen atoms in total. The molecule has 0 bridgehead atoms. The lowest BCUT2D eigenvalue weighted by molar-refractivity contribution is -0.143.